The number of rotatable bonds is 7. The lowest BCUT2D eigenvalue weighted by Crippen LogP contribution is -2.27. The molecular formula is C26H23N5O. The van der Waals surface area contributed by atoms with Crippen molar-refractivity contribution >= 4 is 16.8 Å². The molecule has 0 saturated carbocycles. The van der Waals surface area contributed by atoms with Gasteiger partial charge in [-0.05, 0) is 28.8 Å². The van der Waals surface area contributed by atoms with Gasteiger partial charge in [0.15, 0.2) is 0 Å². The molecule has 0 spiro atoms. The van der Waals surface area contributed by atoms with Gasteiger partial charge in [0.1, 0.15) is 19.2 Å². The minimum atomic E-state index is -0.0230. The molecule has 6 nitrogen and oxygen atoms in total. The van der Waals surface area contributed by atoms with Crippen molar-refractivity contribution in [3.63, 3.8) is 0 Å². The third-order valence-electron chi connectivity index (χ3n) is 5.47. The molecule has 0 saturated heterocycles. The van der Waals surface area contributed by atoms with Gasteiger partial charge in [-0.1, -0.05) is 72.8 Å². The first kappa shape index (κ1) is 19.8. The van der Waals surface area contributed by atoms with Crippen molar-refractivity contribution in [3.05, 3.63) is 109 Å². The summed E-state index contributed by atoms with van der Waals surface area (Å²) in [6, 6.07) is 28.6. The average Bonchev–Trinajstić information content (AvgIpc) is 3.47. The highest BCUT2D eigenvalue weighted by Crippen LogP contribution is 2.28. The number of para-hydroxylation sites is 1. The highest BCUT2D eigenvalue weighted by atomic mass is 16.1. The molecule has 32 heavy (non-hydrogen) atoms. The van der Waals surface area contributed by atoms with Crippen LogP contribution in [-0.2, 0) is 24.4 Å². The van der Waals surface area contributed by atoms with E-state index in [2.05, 4.69) is 56.4 Å². The number of benzene rings is 3. The summed E-state index contributed by atoms with van der Waals surface area (Å²) in [5.41, 5.74) is 5.35. The largest absolute Gasteiger partial charge is 0.350 e. The summed E-state index contributed by atoms with van der Waals surface area (Å²) in [4.78, 5) is 16.9. The van der Waals surface area contributed by atoms with Crippen LogP contribution < -0.4 is 5.32 Å². The maximum Gasteiger partial charge on any atom is 0.240 e. The number of amides is 1. The van der Waals surface area contributed by atoms with E-state index in [9.17, 15) is 4.79 Å². The van der Waals surface area contributed by atoms with Crippen LogP contribution in [0, 0.1) is 0 Å². The topological polar surface area (TPSA) is 64.7 Å². The zero-order chi connectivity index (χ0) is 21.8. The lowest BCUT2D eigenvalue weighted by molar-refractivity contribution is -0.121. The number of hydrogen-bond donors (Lipinski definition) is 1. The van der Waals surface area contributed by atoms with Gasteiger partial charge >= 0.3 is 0 Å². The number of aromatic nitrogens is 4. The van der Waals surface area contributed by atoms with Crippen LogP contribution in [0.3, 0.4) is 0 Å². The van der Waals surface area contributed by atoms with E-state index in [1.165, 1.54) is 6.33 Å². The molecule has 0 bridgehead atoms. The van der Waals surface area contributed by atoms with Gasteiger partial charge in [0.25, 0.3) is 0 Å². The average molecular weight is 422 g/mol. The first-order chi connectivity index (χ1) is 15.8. The van der Waals surface area contributed by atoms with Crippen LogP contribution in [0.2, 0.25) is 0 Å². The Balaban J connectivity index is 1.32. The highest BCUT2D eigenvalue weighted by molar-refractivity contribution is 5.89. The molecule has 0 unspecified atom stereocenters. The third-order valence-corrected chi connectivity index (χ3v) is 5.47. The van der Waals surface area contributed by atoms with Crippen molar-refractivity contribution in [3.8, 4) is 11.3 Å². The Morgan fingerprint density at radius 1 is 0.875 bits per heavy atom. The van der Waals surface area contributed by atoms with E-state index < -0.39 is 0 Å². The Hall–Kier alpha value is -4.19. The maximum absolute atomic E-state index is 12.9. The van der Waals surface area contributed by atoms with E-state index in [-0.39, 0.29) is 12.5 Å². The lowest BCUT2D eigenvalue weighted by Gasteiger charge is -2.12. The molecule has 0 aliphatic carbocycles. The van der Waals surface area contributed by atoms with Crippen LogP contribution in [0.4, 0.5) is 0 Å². The second kappa shape index (κ2) is 8.89. The van der Waals surface area contributed by atoms with Gasteiger partial charge in [0, 0.05) is 23.1 Å². The molecule has 1 amide bonds. The molecule has 0 radical (unpaired) electrons. The van der Waals surface area contributed by atoms with Crippen molar-refractivity contribution in [2.75, 3.05) is 0 Å². The molecule has 2 heterocycles. The van der Waals surface area contributed by atoms with Crippen LogP contribution in [0.15, 0.2) is 97.6 Å². The molecule has 6 heteroatoms. The fourth-order valence-corrected chi connectivity index (χ4v) is 3.97. The predicted molar refractivity (Wildman–Crippen MR) is 125 cm³/mol. The molecular weight excluding hydrogens is 398 g/mol. The molecule has 5 rings (SSSR count). The van der Waals surface area contributed by atoms with Gasteiger partial charge in [0.2, 0.25) is 5.91 Å². The van der Waals surface area contributed by atoms with E-state index in [4.69, 9.17) is 0 Å². The van der Waals surface area contributed by atoms with Crippen LogP contribution in [-0.4, -0.2) is 25.2 Å². The quantitative estimate of drug-likeness (QED) is 0.427. The maximum atomic E-state index is 12.9. The molecule has 3 aromatic carbocycles. The Morgan fingerprint density at radius 3 is 2.53 bits per heavy atom. The highest BCUT2D eigenvalue weighted by Gasteiger charge is 2.13. The van der Waals surface area contributed by atoms with Crippen molar-refractivity contribution in [2.45, 2.75) is 19.6 Å². The van der Waals surface area contributed by atoms with E-state index in [1.54, 1.807) is 11.0 Å². The Kier molecular flexibility index (Phi) is 5.49. The minimum absolute atomic E-state index is 0.0230. The Bertz CT molecular complexity index is 1340. The zero-order valence-electron chi connectivity index (χ0n) is 17.6. The van der Waals surface area contributed by atoms with Crippen LogP contribution in [0.1, 0.15) is 11.1 Å². The van der Waals surface area contributed by atoms with E-state index in [0.717, 1.165) is 33.3 Å². The van der Waals surface area contributed by atoms with Gasteiger partial charge in [-0.15, -0.1) is 0 Å². The predicted octanol–water partition coefficient (Wildman–Crippen LogP) is 4.26. The molecule has 0 atom stereocenters. The molecule has 5 aromatic rings. The van der Waals surface area contributed by atoms with E-state index >= 15 is 0 Å². The second-order valence-electron chi connectivity index (χ2n) is 7.73. The third kappa shape index (κ3) is 4.30. The summed E-state index contributed by atoms with van der Waals surface area (Å²) in [6.07, 6.45) is 3.22. The van der Waals surface area contributed by atoms with Crippen molar-refractivity contribution in [1.29, 1.82) is 0 Å². The Labute approximate surface area is 186 Å². The monoisotopic (exact) mass is 421 g/mol. The van der Waals surface area contributed by atoms with Crippen molar-refractivity contribution < 1.29 is 4.79 Å². The van der Waals surface area contributed by atoms with Crippen molar-refractivity contribution in [2.24, 2.45) is 0 Å². The van der Waals surface area contributed by atoms with Gasteiger partial charge in [-0.3, -0.25) is 4.79 Å². The molecule has 158 valence electrons. The van der Waals surface area contributed by atoms with Gasteiger partial charge in [-0.25, -0.2) is 9.67 Å². The Morgan fingerprint density at radius 2 is 1.69 bits per heavy atom. The van der Waals surface area contributed by atoms with Crippen LogP contribution in [0.5, 0.6) is 0 Å². The number of carbonyl (C=O) groups is 1. The fourth-order valence-electron chi connectivity index (χ4n) is 3.97. The summed E-state index contributed by atoms with van der Waals surface area (Å²) in [7, 11) is 0. The number of hydrogen-bond acceptors (Lipinski definition) is 3. The molecule has 1 N–H and O–H groups in total. The lowest BCUT2D eigenvalue weighted by atomic mass is 10.1. The smallest absolute Gasteiger partial charge is 0.240 e. The SMILES string of the molecule is O=C(Cn1c(-c2ccccc2)cc2ccccc21)NCc1cccc(Cn2cncn2)c1. The fraction of sp³-hybridized carbons (Fsp3) is 0.115. The first-order valence-electron chi connectivity index (χ1n) is 10.6. The number of carbonyl (C=O) groups excluding carboxylic acids is 1. The molecule has 0 fully saturated rings. The first-order valence-corrected chi connectivity index (χ1v) is 10.6. The normalized spacial score (nSPS) is 11.0. The van der Waals surface area contributed by atoms with E-state index in [0.29, 0.717) is 13.1 Å². The molecule has 0 aliphatic rings. The van der Waals surface area contributed by atoms with E-state index in [1.807, 2.05) is 48.5 Å². The van der Waals surface area contributed by atoms with Crippen LogP contribution in [0.25, 0.3) is 22.2 Å². The minimum Gasteiger partial charge on any atom is -0.350 e. The summed E-state index contributed by atoms with van der Waals surface area (Å²) < 4.78 is 3.86. The van der Waals surface area contributed by atoms with Gasteiger partial charge in [0.05, 0.1) is 6.54 Å². The number of nitrogens with one attached hydrogen (secondary N) is 1. The summed E-state index contributed by atoms with van der Waals surface area (Å²) in [5, 5.41) is 8.35. The number of nitrogens with zero attached hydrogens (tertiary/aromatic N) is 4. The second-order valence-corrected chi connectivity index (χ2v) is 7.73. The molecule has 2 aromatic heterocycles. The van der Waals surface area contributed by atoms with Crippen molar-refractivity contribution in [1.82, 2.24) is 24.6 Å². The van der Waals surface area contributed by atoms with Gasteiger partial charge < -0.3 is 9.88 Å². The van der Waals surface area contributed by atoms with Crippen LogP contribution >= 0.6 is 0 Å². The summed E-state index contributed by atoms with van der Waals surface area (Å²) in [5.74, 6) is -0.0230. The standard InChI is InChI=1S/C26H23N5O/c32-26(28-15-20-7-6-8-21(13-20)16-30-19-27-18-29-30)17-31-24-12-5-4-11-23(24)14-25(31)22-9-2-1-3-10-22/h1-14,18-19H,15-17H2,(H,28,32). The summed E-state index contributed by atoms with van der Waals surface area (Å²) in [6.45, 7) is 1.39. The summed E-state index contributed by atoms with van der Waals surface area (Å²) >= 11 is 0. The number of fused-ring (bicyclic) bond motifs is 1. The zero-order valence-corrected chi connectivity index (χ0v) is 17.6. The molecule has 0 aliphatic heterocycles. The van der Waals surface area contributed by atoms with Gasteiger partial charge in [-0.2, -0.15) is 5.10 Å².